The lowest BCUT2D eigenvalue weighted by Crippen LogP contribution is -2.44. The van der Waals surface area contributed by atoms with Crippen LogP contribution in [0.3, 0.4) is 0 Å². The number of hydrogen-bond donors (Lipinski definition) is 5. The van der Waals surface area contributed by atoms with Gasteiger partial charge in [0.2, 0.25) is 0 Å². The summed E-state index contributed by atoms with van der Waals surface area (Å²) in [4.78, 5) is 25.9. The summed E-state index contributed by atoms with van der Waals surface area (Å²) in [6, 6.07) is 17.3. The molecule has 0 amide bonds. The minimum absolute atomic E-state index is 0.144. The third kappa shape index (κ3) is 8.37. The number of fused-ring (bicyclic) bond motifs is 1. The van der Waals surface area contributed by atoms with Crippen molar-refractivity contribution < 1.29 is 19.8 Å². The number of aromatic nitrogens is 4. The van der Waals surface area contributed by atoms with E-state index in [-0.39, 0.29) is 25.0 Å². The molecule has 5 rings (SSSR count). The number of carboxylic acid groups (broad SMARTS) is 2. The monoisotopic (exact) mass is 531 g/mol. The van der Waals surface area contributed by atoms with E-state index >= 15 is 0 Å². The molecule has 4 aromatic rings. The van der Waals surface area contributed by atoms with Crippen LogP contribution in [0.4, 0.5) is 11.5 Å². The molecule has 1 aliphatic heterocycles. The fraction of sp³-hybridized carbons (Fsp3) is 0.250. The molecule has 0 bridgehead atoms. The third-order valence-electron chi connectivity index (χ3n) is 6.07. The predicted molar refractivity (Wildman–Crippen MR) is 150 cm³/mol. The van der Waals surface area contributed by atoms with Crippen LogP contribution < -0.4 is 16.0 Å². The molecule has 11 nitrogen and oxygen atoms in total. The van der Waals surface area contributed by atoms with Crippen molar-refractivity contribution in [3.05, 3.63) is 90.1 Å². The van der Waals surface area contributed by atoms with Crippen LogP contribution in [-0.4, -0.2) is 62.0 Å². The second-order valence-corrected chi connectivity index (χ2v) is 8.77. The van der Waals surface area contributed by atoms with Crippen LogP contribution in [0.25, 0.3) is 11.1 Å². The van der Waals surface area contributed by atoms with Crippen LogP contribution in [0.15, 0.2) is 73.3 Å². The van der Waals surface area contributed by atoms with Gasteiger partial charge < -0.3 is 26.2 Å². The number of benzene rings is 1. The van der Waals surface area contributed by atoms with E-state index in [1.54, 1.807) is 4.68 Å². The summed E-state index contributed by atoms with van der Waals surface area (Å²) in [6.07, 6.45) is 8.67. The van der Waals surface area contributed by atoms with Crippen molar-refractivity contribution in [1.82, 2.24) is 25.1 Å². The van der Waals surface area contributed by atoms with E-state index < -0.39 is 0 Å². The van der Waals surface area contributed by atoms with Crippen LogP contribution in [0, 0.1) is 6.92 Å². The Hall–Kier alpha value is -4.77. The smallest absolute Gasteiger partial charge is 0.290 e. The summed E-state index contributed by atoms with van der Waals surface area (Å²) in [5, 5.41) is 29.1. The molecule has 1 aliphatic rings. The molecule has 5 N–H and O–H groups in total. The molecule has 0 spiro atoms. The van der Waals surface area contributed by atoms with Gasteiger partial charge in [0, 0.05) is 49.0 Å². The van der Waals surface area contributed by atoms with Gasteiger partial charge in [-0.2, -0.15) is 5.10 Å². The number of nitrogens with zero attached hydrogens (tertiary/aromatic N) is 4. The fourth-order valence-electron chi connectivity index (χ4n) is 4.26. The Bertz CT molecular complexity index is 1310. The van der Waals surface area contributed by atoms with E-state index in [2.05, 4.69) is 74.6 Å². The zero-order chi connectivity index (χ0) is 28.0. The number of nitrogens with one attached hydrogen (secondary N) is 3. The summed E-state index contributed by atoms with van der Waals surface area (Å²) in [6.45, 7) is 3.17. The maximum atomic E-state index is 8.36. The normalized spacial score (nSPS) is 14.1. The van der Waals surface area contributed by atoms with Crippen LogP contribution >= 0.6 is 0 Å². The second kappa shape index (κ2) is 14.8. The first-order chi connectivity index (χ1) is 19.0. The topological polar surface area (TPSA) is 154 Å². The van der Waals surface area contributed by atoms with Crippen LogP contribution in [0.1, 0.15) is 22.9 Å². The summed E-state index contributed by atoms with van der Waals surface area (Å²) in [5.41, 5.74) is 6.68. The average Bonchev–Trinajstić information content (AvgIpc) is 3.39. The van der Waals surface area contributed by atoms with Crippen molar-refractivity contribution in [2.45, 2.75) is 25.4 Å². The first-order valence-corrected chi connectivity index (χ1v) is 12.3. The summed E-state index contributed by atoms with van der Waals surface area (Å²) < 4.78 is 1.80. The average molecular weight is 532 g/mol. The largest absolute Gasteiger partial charge is 0.483 e. The molecule has 39 heavy (non-hydrogen) atoms. The highest BCUT2D eigenvalue weighted by atomic mass is 16.3. The van der Waals surface area contributed by atoms with Gasteiger partial charge in [0.1, 0.15) is 5.82 Å². The minimum atomic E-state index is -0.250. The molecule has 1 aromatic carbocycles. The van der Waals surface area contributed by atoms with Gasteiger partial charge in [-0.05, 0) is 43.1 Å². The number of rotatable bonds is 7. The van der Waals surface area contributed by atoms with Gasteiger partial charge in [-0.1, -0.05) is 36.4 Å². The molecule has 0 unspecified atom stereocenters. The number of anilines is 2. The number of aryl methyl sites for hydroxylation is 2. The molecule has 0 fully saturated rings. The number of pyridine rings is 2. The van der Waals surface area contributed by atoms with Gasteiger partial charge in [-0.25, -0.2) is 4.98 Å². The Morgan fingerprint density at radius 2 is 1.79 bits per heavy atom. The van der Waals surface area contributed by atoms with Gasteiger partial charge in [0.05, 0.1) is 24.0 Å². The van der Waals surface area contributed by atoms with Crippen molar-refractivity contribution in [2.75, 3.05) is 23.7 Å². The van der Waals surface area contributed by atoms with Gasteiger partial charge in [0.15, 0.2) is 0 Å². The lowest BCUT2D eigenvalue weighted by atomic mass is 9.97. The number of hydrogen-bond acceptors (Lipinski definition) is 8. The maximum absolute atomic E-state index is 8.36. The molecule has 11 heteroatoms. The molecule has 3 aromatic heterocycles. The molecule has 0 aliphatic carbocycles. The highest BCUT2D eigenvalue weighted by Crippen LogP contribution is 2.32. The van der Waals surface area contributed by atoms with E-state index in [0.29, 0.717) is 0 Å². The zero-order valence-corrected chi connectivity index (χ0v) is 21.9. The van der Waals surface area contributed by atoms with E-state index in [1.807, 2.05) is 38.8 Å². The molecule has 4 heterocycles. The Balaban J connectivity index is 0.000000643. The lowest BCUT2D eigenvalue weighted by molar-refractivity contribution is -0.123. The second-order valence-electron chi connectivity index (χ2n) is 8.77. The van der Waals surface area contributed by atoms with E-state index in [4.69, 9.17) is 24.8 Å². The fourth-order valence-corrected chi connectivity index (χ4v) is 4.26. The van der Waals surface area contributed by atoms with Crippen molar-refractivity contribution in [3.8, 4) is 11.1 Å². The van der Waals surface area contributed by atoms with Crippen molar-refractivity contribution >= 4 is 24.4 Å². The van der Waals surface area contributed by atoms with Crippen LogP contribution in [0.5, 0.6) is 0 Å². The molecular weight excluding hydrogens is 498 g/mol. The number of carbonyl (C=O) groups is 2. The van der Waals surface area contributed by atoms with E-state index in [1.165, 1.54) is 11.1 Å². The molecule has 0 saturated heterocycles. The van der Waals surface area contributed by atoms with Gasteiger partial charge >= 0.3 is 0 Å². The van der Waals surface area contributed by atoms with Gasteiger partial charge in [-0.3, -0.25) is 19.3 Å². The lowest BCUT2D eigenvalue weighted by Gasteiger charge is -2.34. The summed E-state index contributed by atoms with van der Waals surface area (Å²) in [5.74, 6) is 0.879. The highest BCUT2D eigenvalue weighted by Gasteiger charge is 2.27. The first kappa shape index (κ1) is 28.8. The SMILES string of the molecule is Cc1ccc(CCN[C@H](c2ccccc2)[C@H]2CNc3cc(-c4cnn(C)c4)cnc3N2)cn1.O=CO.O=CO. The van der Waals surface area contributed by atoms with E-state index in [0.717, 1.165) is 47.8 Å². The Morgan fingerprint density at radius 3 is 2.44 bits per heavy atom. The molecule has 2 atom stereocenters. The van der Waals surface area contributed by atoms with Crippen LogP contribution in [0.2, 0.25) is 0 Å². The summed E-state index contributed by atoms with van der Waals surface area (Å²) in [7, 11) is 1.92. The highest BCUT2D eigenvalue weighted by molar-refractivity contribution is 5.75. The van der Waals surface area contributed by atoms with Crippen LogP contribution in [-0.2, 0) is 23.1 Å². The first-order valence-electron chi connectivity index (χ1n) is 12.3. The summed E-state index contributed by atoms with van der Waals surface area (Å²) >= 11 is 0. The molecule has 204 valence electrons. The predicted octanol–water partition coefficient (Wildman–Crippen LogP) is 3.37. The Kier molecular flexibility index (Phi) is 11.0. The van der Waals surface area contributed by atoms with Crippen molar-refractivity contribution in [3.63, 3.8) is 0 Å². The minimum Gasteiger partial charge on any atom is -0.483 e. The zero-order valence-electron chi connectivity index (χ0n) is 21.9. The Labute approximate surface area is 227 Å². The van der Waals surface area contributed by atoms with E-state index in [9.17, 15) is 0 Å². The molecular formula is C28H33N7O4. The maximum Gasteiger partial charge on any atom is 0.290 e. The van der Waals surface area contributed by atoms with Gasteiger partial charge in [-0.15, -0.1) is 0 Å². The standard InChI is InChI=1S/C26H29N7.2CH2O2/c1-18-8-9-19(13-28-18)10-11-27-25(20-6-4-3-5-7-20)24-16-29-23-12-21(14-30-26(23)32-24)22-15-31-33(2)17-22;2*2-1-3/h3-9,12-15,17,24-25,27,29H,10-11,16H2,1-2H3,(H,30,32);2*1H,(H,2,3)/t24-,25-;;/m1../s1. The molecule has 0 radical (unpaired) electrons. The van der Waals surface area contributed by atoms with Crippen molar-refractivity contribution in [1.29, 1.82) is 0 Å². The third-order valence-corrected chi connectivity index (χ3v) is 6.07. The Morgan fingerprint density at radius 1 is 1.05 bits per heavy atom. The molecule has 0 saturated carbocycles. The quantitative estimate of drug-likeness (QED) is 0.224. The van der Waals surface area contributed by atoms with Crippen molar-refractivity contribution in [2.24, 2.45) is 7.05 Å². The van der Waals surface area contributed by atoms with Gasteiger partial charge in [0.25, 0.3) is 12.9 Å².